The third-order valence-corrected chi connectivity index (χ3v) is 3.60. The summed E-state index contributed by atoms with van der Waals surface area (Å²) in [4.78, 5) is 32.2. The van der Waals surface area contributed by atoms with Crippen LogP contribution in [0, 0.1) is 0 Å². The molecule has 3 N–H and O–H groups in total. The summed E-state index contributed by atoms with van der Waals surface area (Å²) in [5.41, 5.74) is 2.00. The Kier molecular flexibility index (Phi) is 3.27. The van der Waals surface area contributed by atoms with Gasteiger partial charge < -0.3 is 20.0 Å². The molecule has 1 aliphatic rings. The maximum Gasteiger partial charge on any atom is 0.302 e. The van der Waals surface area contributed by atoms with E-state index in [2.05, 4.69) is 20.3 Å². The highest BCUT2D eigenvalue weighted by Crippen LogP contribution is 2.29. The van der Waals surface area contributed by atoms with Crippen molar-refractivity contribution in [2.75, 3.05) is 6.61 Å². The second-order valence-electron chi connectivity index (χ2n) is 5.00. The maximum absolute atomic E-state index is 11.6. The Balaban J connectivity index is 1.78. The topological polar surface area (TPSA) is 99.9 Å². The van der Waals surface area contributed by atoms with Crippen molar-refractivity contribution in [1.82, 2.24) is 20.3 Å². The molecule has 0 aromatic carbocycles. The van der Waals surface area contributed by atoms with E-state index in [4.69, 9.17) is 4.74 Å². The molecule has 2 atom stereocenters. The summed E-state index contributed by atoms with van der Waals surface area (Å²) >= 11 is 0. The molecule has 7 heteroatoms. The Bertz CT molecular complexity index is 690. The minimum absolute atomic E-state index is 0.124. The van der Waals surface area contributed by atoms with E-state index in [0.717, 1.165) is 18.4 Å². The smallest absolute Gasteiger partial charge is 0.302 e. The molecule has 0 aliphatic carbocycles. The summed E-state index contributed by atoms with van der Waals surface area (Å²) in [5, 5.41) is 3.41. The maximum atomic E-state index is 11.6. The fourth-order valence-corrected chi connectivity index (χ4v) is 2.65. The van der Waals surface area contributed by atoms with E-state index >= 15 is 0 Å². The number of aromatic amines is 2. The number of aromatic nitrogens is 3. The van der Waals surface area contributed by atoms with Gasteiger partial charge in [-0.2, -0.15) is 0 Å². The number of rotatable bonds is 3. The molecule has 1 fully saturated rings. The van der Waals surface area contributed by atoms with Crippen LogP contribution in [0.3, 0.4) is 0 Å². The van der Waals surface area contributed by atoms with Gasteiger partial charge in [-0.3, -0.25) is 9.59 Å². The van der Waals surface area contributed by atoms with Crippen molar-refractivity contribution in [3.8, 4) is 0 Å². The van der Waals surface area contributed by atoms with E-state index in [1.165, 1.54) is 13.3 Å². The van der Waals surface area contributed by atoms with Gasteiger partial charge in [-0.05, 0) is 12.8 Å². The lowest BCUT2D eigenvalue weighted by atomic mass is 10.1. The highest BCUT2D eigenvalue weighted by atomic mass is 16.5. The summed E-state index contributed by atoms with van der Waals surface area (Å²) in [7, 11) is 0. The summed E-state index contributed by atoms with van der Waals surface area (Å²) < 4.78 is 5.02. The molecule has 1 saturated heterocycles. The molecule has 0 saturated carbocycles. The molecule has 1 aliphatic heterocycles. The number of hydrogen-bond acceptors (Lipinski definition) is 5. The first-order chi connectivity index (χ1) is 9.65. The zero-order valence-electron chi connectivity index (χ0n) is 11.1. The average molecular weight is 276 g/mol. The van der Waals surface area contributed by atoms with Gasteiger partial charge in [0.25, 0.3) is 5.56 Å². The first kappa shape index (κ1) is 12.9. The third kappa shape index (κ3) is 2.32. The van der Waals surface area contributed by atoms with Crippen LogP contribution >= 0.6 is 0 Å². The van der Waals surface area contributed by atoms with Crippen LogP contribution in [0.15, 0.2) is 17.3 Å². The zero-order chi connectivity index (χ0) is 14.1. The first-order valence-electron chi connectivity index (χ1n) is 6.59. The number of nitrogens with one attached hydrogen (secondary N) is 3. The average Bonchev–Trinajstić information content (AvgIpc) is 3.02. The lowest BCUT2D eigenvalue weighted by Gasteiger charge is -2.13. The monoisotopic (exact) mass is 276 g/mol. The van der Waals surface area contributed by atoms with E-state index < -0.39 is 0 Å². The van der Waals surface area contributed by atoms with Gasteiger partial charge >= 0.3 is 5.97 Å². The second kappa shape index (κ2) is 5.09. The van der Waals surface area contributed by atoms with E-state index in [-0.39, 0.29) is 23.6 Å². The predicted molar refractivity (Wildman–Crippen MR) is 72.2 cm³/mol. The van der Waals surface area contributed by atoms with Gasteiger partial charge in [-0.15, -0.1) is 0 Å². The first-order valence-corrected chi connectivity index (χ1v) is 6.59. The predicted octanol–water partition coefficient (Wildman–Crippen LogP) is 0.607. The molecule has 0 unspecified atom stereocenters. The number of carbonyl (C=O) groups excluding carboxylic acids is 1. The molecule has 3 heterocycles. The molecule has 0 spiro atoms. The lowest BCUT2D eigenvalue weighted by molar-refractivity contribution is -0.141. The van der Waals surface area contributed by atoms with Crippen LogP contribution < -0.4 is 10.9 Å². The summed E-state index contributed by atoms with van der Waals surface area (Å²) in [5.74, 6) is -0.268. The van der Waals surface area contributed by atoms with E-state index in [0.29, 0.717) is 17.6 Å². The molecule has 3 rings (SSSR count). The molecule has 7 nitrogen and oxygen atoms in total. The minimum atomic E-state index is -0.268. The van der Waals surface area contributed by atoms with Crippen molar-refractivity contribution < 1.29 is 9.53 Å². The van der Waals surface area contributed by atoms with Gasteiger partial charge in [0.05, 0.1) is 6.33 Å². The van der Waals surface area contributed by atoms with Crippen molar-refractivity contribution in [3.05, 3.63) is 28.4 Å². The number of carbonyl (C=O) groups is 1. The van der Waals surface area contributed by atoms with Crippen molar-refractivity contribution in [2.24, 2.45) is 0 Å². The van der Waals surface area contributed by atoms with Crippen molar-refractivity contribution >= 4 is 17.0 Å². The number of H-pyrrole nitrogens is 2. The lowest BCUT2D eigenvalue weighted by Crippen LogP contribution is -2.29. The standard InChI is InChI=1S/C13H16N4O3/c1-7(18)20-5-8-2-3-10(17-8)9-4-14-12-11(9)15-6-16-13(12)19/h4,6,8,10,14,17H,2-3,5H2,1H3,(H,15,16,19)/t8-,10+/m0/s1. The fourth-order valence-electron chi connectivity index (χ4n) is 2.65. The number of fused-ring (bicyclic) bond motifs is 1. The van der Waals surface area contributed by atoms with E-state index in [1.54, 1.807) is 0 Å². The van der Waals surface area contributed by atoms with Gasteiger partial charge in [0.1, 0.15) is 17.6 Å². The summed E-state index contributed by atoms with van der Waals surface area (Å²) in [6.07, 6.45) is 5.08. The molecular formula is C13H16N4O3. The third-order valence-electron chi connectivity index (χ3n) is 3.60. The van der Waals surface area contributed by atoms with Gasteiger partial charge in [-0.1, -0.05) is 0 Å². The highest BCUT2D eigenvalue weighted by Gasteiger charge is 2.28. The summed E-state index contributed by atoms with van der Waals surface area (Å²) in [6.45, 7) is 1.78. The number of ether oxygens (including phenoxy) is 1. The SMILES string of the molecule is CC(=O)OC[C@@H]1CC[C@H](c2c[nH]c3c(=O)[nH]cnc23)N1. The molecule has 0 radical (unpaired) electrons. The van der Waals surface area contributed by atoms with Crippen molar-refractivity contribution in [1.29, 1.82) is 0 Å². The minimum Gasteiger partial charge on any atom is -0.464 e. The second-order valence-corrected chi connectivity index (χ2v) is 5.00. The van der Waals surface area contributed by atoms with Gasteiger partial charge in [0, 0.05) is 30.8 Å². The van der Waals surface area contributed by atoms with Crippen molar-refractivity contribution in [2.45, 2.75) is 31.8 Å². The molecule has 2 aromatic rings. The van der Waals surface area contributed by atoms with Crippen LogP contribution in [0.2, 0.25) is 0 Å². The largest absolute Gasteiger partial charge is 0.464 e. The highest BCUT2D eigenvalue weighted by molar-refractivity contribution is 5.78. The quantitative estimate of drug-likeness (QED) is 0.713. The van der Waals surface area contributed by atoms with Gasteiger partial charge in [0.15, 0.2) is 0 Å². The number of nitrogens with zero attached hydrogens (tertiary/aromatic N) is 1. The number of esters is 1. The zero-order valence-corrected chi connectivity index (χ0v) is 11.1. The molecular weight excluding hydrogens is 260 g/mol. The molecule has 2 aromatic heterocycles. The van der Waals surface area contributed by atoms with Crippen LogP contribution in [-0.4, -0.2) is 33.6 Å². The Labute approximate surface area is 114 Å². The Hall–Kier alpha value is -2.15. The normalized spacial score (nSPS) is 22.2. The molecule has 0 bridgehead atoms. The number of hydrogen-bond donors (Lipinski definition) is 3. The molecule has 106 valence electrons. The Morgan fingerprint density at radius 1 is 1.45 bits per heavy atom. The Morgan fingerprint density at radius 3 is 3.10 bits per heavy atom. The van der Waals surface area contributed by atoms with Crippen LogP contribution in [0.4, 0.5) is 0 Å². The molecule has 20 heavy (non-hydrogen) atoms. The van der Waals surface area contributed by atoms with Gasteiger partial charge in [-0.25, -0.2) is 4.98 Å². The van der Waals surface area contributed by atoms with E-state index in [9.17, 15) is 9.59 Å². The molecule has 0 amide bonds. The van der Waals surface area contributed by atoms with Crippen LogP contribution in [0.25, 0.3) is 11.0 Å². The van der Waals surface area contributed by atoms with Gasteiger partial charge in [0.2, 0.25) is 0 Å². The van der Waals surface area contributed by atoms with Crippen LogP contribution in [0.1, 0.15) is 31.4 Å². The van der Waals surface area contributed by atoms with Crippen LogP contribution in [-0.2, 0) is 9.53 Å². The van der Waals surface area contributed by atoms with Crippen LogP contribution in [0.5, 0.6) is 0 Å². The summed E-state index contributed by atoms with van der Waals surface area (Å²) in [6, 6.07) is 0.273. The fraction of sp³-hybridized carbons (Fsp3) is 0.462. The van der Waals surface area contributed by atoms with E-state index in [1.807, 2.05) is 6.20 Å². The Morgan fingerprint density at radius 2 is 2.30 bits per heavy atom. The van der Waals surface area contributed by atoms with Crippen molar-refractivity contribution in [3.63, 3.8) is 0 Å².